The number of halogens is 2. The number of hydrogen-bond donors (Lipinski definition) is 0. The summed E-state index contributed by atoms with van der Waals surface area (Å²) in [6.07, 6.45) is 1.74. The number of aryl methyl sites for hydroxylation is 1. The van der Waals surface area contributed by atoms with Gasteiger partial charge >= 0.3 is 0 Å². The molecular weight excluding hydrogens is 370 g/mol. The Hall–Kier alpha value is -2.54. The highest BCUT2D eigenvalue weighted by molar-refractivity contribution is 7.13. The molecule has 2 heterocycles. The third-order valence-corrected chi connectivity index (χ3v) is 5.50. The van der Waals surface area contributed by atoms with Crippen LogP contribution in [0.2, 0.25) is 0 Å². The summed E-state index contributed by atoms with van der Waals surface area (Å²) < 4.78 is 33.7. The lowest BCUT2D eigenvalue weighted by Crippen LogP contribution is -2.34. The minimum Gasteiger partial charge on any atom is -0.440 e. The number of carbonyl (C=O) groups is 1. The average molecular weight is 388 g/mol. The number of amides is 1. The molecular formula is C20H18F2N2O2S. The molecule has 0 radical (unpaired) electrons. The van der Waals surface area contributed by atoms with E-state index in [9.17, 15) is 13.6 Å². The van der Waals surface area contributed by atoms with E-state index >= 15 is 0 Å². The normalized spacial score (nSPS) is 13.7. The zero-order chi connectivity index (χ0) is 19.0. The van der Waals surface area contributed by atoms with E-state index in [-0.39, 0.29) is 30.5 Å². The Morgan fingerprint density at radius 2 is 2.00 bits per heavy atom. The standard InChI is InChI=1S/C20H18F2N2O2S/c1-12-17(23-20(26-12)18-6-3-9-27-18)10-19(25)24(13-7-8-13)11-14-15(21)4-2-5-16(14)22/h2-6,9,13H,7-8,10-11H2,1H3. The van der Waals surface area contributed by atoms with E-state index in [0.717, 1.165) is 17.7 Å². The first-order chi connectivity index (χ1) is 13.0. The number of aromatic nitrogens is 1. The summed E-state index contributed by atoms with van der Waals surface area (Å²) in [6.45, 7) is 1.70. The van der Waals surface area contributed by atoms with E-state index in [1.165, 1.54) is 29.5 Å². The van der Waals surface area contributed by atoms with Gasteiger partial charge in [0.05, 0.1) is 23.5 Å². The predicted molar refractivity (Wildman–Crippen MR) is 98.2 cm³/mol. The quantitative estimate of drug-likeness (QED) is 0.614. The maximum atomic E-state index is 14.0. The second-order valence-corrected chi connectivity index (χ2v) is 7.58. The minimum atomic E-state index is -0.633. The van der Waals surface area contributed by atoms with Crippen molar-refractivity contribution in [1.29, 1.82) is 0 Å². The zero-order valence-corrected chi connectivity index (χ0v) is 15.6. The smallest absolute Gasteiger partial charge is 0.236 e. The van der Waals surface area contributed by atoms with Crippen LogP contribution in [0.5, 0.6) is 0 Å². The Bertz CT molecular complexity index is 944. The average Bonchev–Trinajstić information content (AvgIpc) is 3.18. The lowest BCUT2D eigenvalue weighted by Gasteiger charge is -2.23. The summed E-state index contributed by atoms with van der Waals surface area (Å²) >= 11 is 1.51. The Balaban J connectivity index is 1.54. The molecule has 140 valence electrons. The van der Waals surface area contributed by atoms with Crippen molar-refractivity contribution in [3.05, 3.63) is 64.4 Å². The maximum absolute atomic E-state index is 14.0. The van der Waals surface area contributed by atoms with Crippen LogP contribution >= 0.6 is 11.3 Å². The molecule has 2 aromatic heterocycles. The van der Waals surface area contributed by atoms with E-state index in [0.29, 0.717) is 17.3 Å². The molecule has 0 saturated heterocycles. The van der Waals surface area contributed by atoms with Gasteiger partial charge in [0.15, 0.2) is 0 Å². The van der Waals surface area contributed by atoms with E-state index in [2.05, 4.69) is 4.98 Å². The first-order valence-electron chi connectivity index (χ1n) is 8.75. The number of nitrogens with zero attached hydrogens (tertiary/aromatic N) is 2. The predicted octanol–water partition coefficient (Wildman–Crippen LogP) is 4.72. The lowest BCUT2D eigenvalue weighted by molar-refractivity contribution is -0.131. The third-order valence-electron chi connectivity index (χ3n) is 4.64. The number of carbonyl (C=O) groups excluding carboxylic acids is 1. The fourth-order valence-electron chi connectivity index (χ4n) is 3.00. The largest absolute Gasteiger partial charge is 0.440 e. The SMILES string of the molecule is Cc1oc(-c2cccs2)nc1CC(=O)N(Cc1c(F)cccc1F)C1CC1. The van der Waals surface area contributed by atoms with Crippen molar-refractivity contribution in [2.24, 2.45) is 0 Å². The van der Waals surface area contributed by atoms with Crippen LogP contribution in [0.25, 0.3) is 10.8 Å². The minimum absolute atomic E-state index is 0.0282. The van der Waals surface area contributed by atoms with Crippen LogP contribution in [0.1, 0.15) is 29.9 Å². The summed E-state index contributed by atoms with van der Waals surface area (Å²) in [5, 5.41) is 1.93. The van der Waals surface area contributed by atoms with E-state index in [1.54, 1.807) is 11.8 Å². The molecule has 1 saturated carbocycles. The number of hydrogen-bond acceptors (Lipinski definition) is 4. The van der Waals surface area contributed by atoms with E-state index in [4.69, 9.17) is 4.42 Å². The van der Waals surface area contributed by atoms with Crippen molar-refractivity contribution < 1.29 is 18.0 Å². The molecule has 0 N–H and O–H groups in total. The van der Waals surface area contributed by atoms with Gasteiger partial charge in [-0.1, -0.05) is 12.1 Å². The molecule has 0 atom stereocenters. The van der Waals surface area contributed by atoms with Crippen LogP contribution in [0.4, 0.5) is 8.78 Å². The molecule has 0 aliphatic heterocycles. The maximum Gasteiger partial charge on any atom is 0.236 e. The Labute approximate surface area is 159 Å². The first-order valence-corrected chi connectivity index (χ1v) is 9.63. The summed E-state index contributed by atoms with van der Waals surface area (Å²) in [4.78, 5) is 19.8. The molecule has 27 heavy (non-hydrogen) atoms. The van der Waals surface area contributed by atoms with Crippen LogP contribution in [0.3, 0.4) is 0 Å². The molecule has 7 heteroatoms. The molecule has 0 unspecified atom stereocenters. The number of rotatable bonds is 6. The monoisotopic (exact) mass is 388 g/mol. The summed E-state index contributed by atoms with van der Waals surface area (Å²) in [5.41, 5.74) is 0.483. The van der Waals surface area contributed by atoms with Gasteiger partial charge in [-0.05, 0) is 43.3 Å². The fraction of sp³-hybridized carbons (Fsp3) is 0.300. The zero-order valence-electron chi connectivity index (χ0n) is 14.7. The van der Waals surface area contributed by atoms with Crippen molar-refractivity contribution in [2.75, 3.05) is 0 Å². The van der Waals surface area contributed by atoms with Crippen molar-refractivity contribution in [1.82, 2.24) is 9.88 Å². The first kappa shape index (κ1) is 17.9. The van der Waals surface area contributed by atoms with Gasteiger partial charge in [-0.2, -0.15) is 0 Å². The van der Waals surface area contributed by atoms with Crippen LogP contribution in [-0.2, 0) is 17.8 Å². The van der Waals surface area contributed by atoms with E-state index < -0.39 is 11.6 Å². The van der Waals surface area contributed by atoms with Crippen molar-refractivity contribution in [3.8, 4) is 10.8 Å². The molecule has 1 amide bonds. The highest BCUT2D eigenvalue weighted by Gasteiger charge is 2.34. The Morgan fingerprint density at radius 1 is 1.26 bits per heavy atom. The van der Waals surface area contributed by atoms with E-state index in [1.807, 2.05) is 17.5 Å². The number of benzene rings is 1. The Morgan fingerprint density at radius 3 is 2.63 bits per heavy atom. The molecule has 1 aliphatic carbocycles. The van der Waals surface area contributed by atoms with Gasteiger partial charge < -0.3 is 9.32 Å². The van der Waals surface area contributed by atoms with Gasteiger partial charge in [0.25, 0.3) is 0 Å². The van der Waals surface area contributed by atoms with Gasteiger partial charge in [0, 0.05) is 11.6 Å². The molecule has 4 rings (SSSR count). The molecule has 0 spiro atoms. The van der Waals surface area contributed by atoms with Crippen LogP contribution in [0, 0.1) is 18.6 Å². The van der Waals surface area contributed by atoms with Gasteiger partial charge in [0.1, 0.15) is 17.4 Å². The second kappa shape index (κ2) is 7.23. The van der Waals surface area contributed by atoms with Gasteiger partial charge in [0.2, 0.25) is 11.8 Å². The van der Waals surface area contributed by atoms with Crippen molar-refractivity contribution in [3.63, 3.8) is 0 Å². The molecule has 0 bridgehead atoms. The Kier molecular flexibility index (Phi) is 4.78. The highest BCUT2D eigenvalue weighted by Crippen LogP contribution is 2.31. The van der Waals surface area contributed by atoms with Gasteiger partial charge in [-0.25, -0.2) is 13.8 Å². The molecule has 1 aliphatic rings. The van der Waals surface area contributed by atoms with Crippen molar-refractivity contribution >= 4 is 17.2 Å². The molecule has 4 nitrogen and oxygen atoms in total. The molecule has 1 fully saturated rings. The topological polar surface area (TPSA) is 46.3 Å². The second-order valence-electron chi connectivity index (χ2n) is 6.63. The fourth-order valence-corrected chi connectivity index (χ4v) is 3.65. The highest BCUT2D eigenvalue weighted by atomic mass is 32.1. The van der Waals surface area contributed by atoms with Crippen LogP contribution in [0.15, 0.2) is 40.1 Å². The summed E-state index contributed by atoms with van der Waals surface area (Å²) in [7, 11) is 0. The number of thiophene rings is 1. The number of oxazole rings is 1. The van der Waals surface area contributed by atoms with Crippen molar-refractivity contribution in [2.45, 2.75) is 38.8 Å². The van der Waals surface area contributed by atoms with Gasteiger partial charge in [-0.3, -0.25) is 4.79 Å². The lowest BCUT2D eigenvalue weighted by atomic mass is 10.1. The summed E-state index contributed by atoms with van der Waals surface area (Å²) in [6, 6.07) is 7.58. The molecule has 1 aromatic carbocycles. The van der Waals surface area contributed by atoms with Gasteiger partial charge in [-0.15, -0.1) is 11.3 Å². The summed E-state index contributed by atoms with van der Waals surface area (Å²) in [5.74, 6) is -0.394. The molecule has 3 aromatic rings. The third kappa shape index (κ3) is 3.78. The van der Waals surface area contributed by atoms with Crippen LogP contribution < -0.4 is 0 Å². The van der Waals surface area contributed by atoms with Crippen LogP contribution in [-0.4, -0.2) is 21.8 Å².